The van der Waals surface area contributed by atoms with Gasteiger partial charge in [-0.3, -0.25) is 4.79 Å². The van der Waals surface area contributed by atoms with E-state index in [0.717, 1.165) is 37.1 Å². The zero-order valence-electron chi connectivity index (χ0n) is 18.3. The van der Waals surface area contributed by atoms with Crippen LogP contribution in [0.2, 0.25) is 0 Å². The lowest BCUT2D eigenvalue weighted by molar-refractivity contribution is -0.118. The van der Waals surface area contributed by atoms with Crippen molar-refractivity contribution in [3.63, 3.8) is 0 Å². The quantitative estimate of drug-likeness (QED) is 0.519. The van der Waals surface area contributed by atoms with E-state index in [0.29, 0.717) is 12.2 Å². The highest BCUT2D eigenvalue weighted by atomic mass is 16.1. The second kappa shape index (κ2) is 7.55. The number of Topliss-reactive ketones (excluding diaryl/α,β-unsaturated/α-hetero) is 1. The average Bonchev–Trinajstić information content (AvgIpc) is 2.90. The van der Waals surface area contributed by atoms with E-state index >= 15 is 0 Å². The molecule has 0 atom stereocenters. The molecule has 2 aromatic rings. The largest absolute Gasteiger partial charge is 0.300 e. The van der Waals surface area contributed by atoms with Gasteiger partial charge in [0.15, 0.2) is 0 Å². The van der Waals surface area contributed by atoms with Crippen molar-refractivity contribution in [1.82, 2.24) is 4.98 Å². The highest BCUT2D eigenvalue weighted by molar-refractivity contribution is 5.79. The molecule has 2 heteroatoms. The third-order valence-electron chi connectivity index (χ3n) is 6.95. The summed E-state index contributed by atoms with van der Waals surface area (Å²) in [6.45, 7) is 9.46. The molecule has 1 saturated carbocycles. The Bertz CT molecular complexity index is 964. The predicted molar refractivity (Wildman–Crippen MR) is 121 cm³/mol. The number of nitrogens with zero attached hydrogens (tertiary/aromatic N) is 1. The topological polar surface area (TPSA) is 30.0 Å². The van der Waals surface area contributed by atoms with Crippen molar-refractivity contribution in [3.05, 3.63) is 58.8 Å². The van der Waals surface area contributed by atoms with Crippen LogP contribution in [0.5, 0.6) is 0 Å². The number of fused-ring (bicyclic) bond motifs is 1. The number of carbonyl (C=O) groups is 1. The molecule has 1 aromatic heterocycles. The van der Waals surface area contributed by atoms with Gasteiger partial charge in [0.25, 0.3) is 0 Å². The maximum Gasteiger partial charge on any atom is 0.133 e. The molecule has 0 N–H and O–H groups in total. The molecule has 0 aliphatic heterocycles. The zero-order valence-corrected chi connectivity index (χ0v) is 18.3. The highest BCUT2D eigenvalue weighted by Crippen LogP contribution is 2.46. The molecular formula is C27H33NO. The number of aromatic nitrogens is 1. The fourth-order valence-corrected chi connectivity index (χ4v) is 4.86. The average molecular weight is 388 g/mol. The maximum atomic E-state index is 11.7. The van der Waals surface area contributed by atoms with Crippen molar-refractivity contribution in [2.75, 3.05) is 0 Å². The van der Waals surface area contributed by atoms with Crippen molar-refractivity contribution in [1.29, 1.82) is 0 Å². The first kappa shape index (κ1) is 20.1. The van der Waals surface area contributed by atoms with Gasteiger partial charge < -0.3 is 0 Å². The van der Waals surface area contributed by atoms with Crippen LogP contribution in [0.1, 0.15) is 89.5 Å². The third kappa shape index (κ3) is 4.22. The zero-order chi connectivity index (χ0) is 20.6. The van der Waals surface area contributed by atoms with E-state index < -0.39 is 0 Å². The van der Waals surface area contributed by atoms with Crippen molar-refractivity contribution in [2.24, 2.45) is 0 Å². The van der Waals surface area contributed by atoms with Gasteiger partial charge in [-0.05, 0) is 78.3 Å². The molecule has 2 aliphatic rings. The second-order valence-electron chi connectivity index (χ2n) is 10.2. The molecule has 0 saturated heterocycles. The summed E-state index contributed by atoms with van der Waals surface area (Å²) in [4.78, 5) is 16.7. The van der Waals surface area contributed by atoms with Crippen LogP contribution in [-0.2, 0) is 15.6 Å². The molecule has 0 amide bonds. The van der Waals surface area contributed by atoms with Crippen LogP contribution < -0.4 is 0 Å². The molecule has 4 rings (SSSR count). The summed E-state index contributed by atoms with van der Waals surface area (Å²) >= 11 is 0. The Kier molecular flexibility index (Phi) is 5.23. The van der Waals surface area contributed by atoms with Gasteiger partial charge >= 0.3 is 0 Å². The molecule has 0 spiro atoms. The van der Waals surface area contributed by atoms with E-state index in [9.17, 15) is 4.79 Å². The minimum Gasteiger partial charge on any atom is -0.300 e. The van der Waals surface area contributed by atoms with E-state index in [4.69, 9.17) is 4.98 Å². The standard InChI is InChI=1S/C27H33NO/c1-26(2)15-16-27(3,4)24-18-20(12-14-23(24)26)25-10-6-8-21(28-25)17-19-7-5-9-22(29)13-11-19/h6,8,10,12,14,17-18H,5,7,9,11,13,15-16H2,1-4H3/b19-17+. The molecule has 1 aromatic carbocycles. The van der Waals surface area contributed by atoms with Crippen LogP contribution in [0.3, 0.4) is 0 Å². The number of pyridine rings is 1. The summed E-state index contributed by atoms with van der Waals surface area (Å²) in [5.74, 6) is 0.398. The van der Waals surface area contributed by atoms with Crippen molar-refractivity contribution >= 4 is 11.9 Å². The minimum absolute atomic E-state index is 0.202. The van der Waals surface area contributed by atoms with E-state index in [2.05, 4.69) is 70.2 Å². The first-order chi connectivity index (χ1) is 13.7. The Balaban J connectivity index is 1.68. The van der Waals surface area contributed by atoms with Crippen molar-refractivity contribution in [3.8, 4) is 11.3 Å². The summed E-state index contributed by atoms with van der Waals surface area (Å²) in [6.07, 6.45) is 8.93. The van der Waals surface area contributed by atoms with Gasteiger partial charge in [0.05, 0.1) is 11.4 Å². The van der Waals surface area contributed by atoms with Gasteiger partial charge in [0.1, 0.15) is 5.78 Å². The molecule has 0 bridgehead atoms. The van der Waals surface area contributed by atoms with Crippen LogP contribution in [0, 0.1) is 0 Å². The first-order valence-corrected chi connectivity index (χ1v) is 11.1. The fourth-order valence-electron chi connectivity index (χ4n) is 4.86. The van der Waals surface area contributed by atoms with Gasteiger partial charge in [-0.1, -0.05) is 51.5 Å². The number of allylic oxidation sites excluding steroid dienone is 1. The van der Waals surface area contributed by atoms with Gasteiger partial charge in [0, 0.05) is 18.4 Å². The first-order valence-electron chi connectivity index (χ1n) is 11.1. The van der Waals surface area contributed by atoms with Gasteiger partial charge in [-0.2, -0.15) is 0 Å². The van der Waals surface area contributed by atoms with Crippen molar-refractivity contribution in [2.45, 2.75) is 83.5 Å². The van der Waals surface area contributed by atoms with Gasteiger partial charge in [-0.15, -0.1) is 0 Å². The lowest BCUT2D eigenvalue weighted by Gasteiger charge is -2.42. The summed E-state index contributed by atoms with van der Waals surface area (Å²) in [7, 11) is 0. The Hall–Kier alpha value is -2.22. The second-order valence-corrected chi connectivity index (χ2v) is 10.2. The smallest absolute Gasteiger partial charge is 0.133 e. The molecule has 152 valence electrons. The number of ketones is 1. The lowest BCUT2D eigenvalue weighted by Crippen LogP contribution is -2.33. The number of rotatable bonds is 2. The van der Waals surface area contributed by atoms with E-state index in [1.165, 1.54) is 35.1 Å². The number of carbonyl (C=O) groups excluding carboxylic acids is 1. The van der Waals surface area contributed by atoms with Gasteiger partial charge in [-0.25, -0.2) is 4.98 Å². The number of hydrogen-bond donors (Lipinski definition) is 0. The highest BCUT2D eigenvalue weighted by Gasteiger charge is 2.37. The SMILES string of the molecule is CC1(C)CCC(C)(C)c2cc(-c3cccc(/C=C4\CCCC(=O)CC4)n3)ccc21. The molecule has 0 radical (unpaired) electrons. The molecule has 1 heterocycles. The number of benzene rings is 1. The molecule has 0 unspecified atom stereocenters. The molecule has 2 nitrogen and oxygen atoms in total. The van der Waals surface area contributed by atoms with Crippen LogP contribution in [0.25, 0.3) is 17.3 Å². The molecular weight excluding hydrogens is 354 g/mol. The maximum absolute atomic E-state index is 11.7. The van der Waals surface area contributed by atoms with Crippen LogP contribution >= 0.6 is 0 Å². The lowest BCUT2D eigenvalue weighted by atomic mass is 9.63. The van der Waals surface area contributed by atoms with Crippen LogP contribution in [-0.4, -0.2) is 10.8 Å². The number of hydrogen-bond acceptors (Lipinski definition) is 2. The van der Waals surface area contributed by atoms with E-state index in [1.54, 1.807) is 0 Å². The minimum atomic E-state index is 0.202. The summed E-state index contributed by atoms with van der Waals surface area (Å²) in [5, 5.41) is 0. The fraction of sp³-hybridized carbons (Fsp3) is 0.481. The van der Waals surface area contributed by atoms with E-state index in [1.807, 2.05) is 0 Å². The summed E-state index contributed by atoms with van der Waals surface area (Å²) in [5.41, 5.74) is 7.99. The predicted octanol–water partition coefficient (Wildman–Crippen LogP) is 7.01. The Morgan fingerprint density at radius 1 is 0.862 bits per heavy atom. The monoisotopic (exact) mass is 387 g/mol. The Morgan fingerprint density at radius 2 is 1.62 bits per heavy atom. The van der Waals surface area contributed by atoms with Crippen molar-refractivity contribution < 1.29 is 4.79 Å². The van der Waals surface area contributed by atoms with Crippen LogP contribution in [0.15, 0.2) is 42.0 Å². The Labute approximate surface area is 175 Å². The molecule has 1 fully saturated rings. The Morgan fingerprint density at radius 3 is 2.41 bits per heavy atom. The normalized spacial score (nSPS) is 22.2. The molecule has 29 heavy (non-hydrogen) atoms. The third-order valence-corrected chi connectivity index (χ3v) is 6.95. The van der Waals surface area contributed by atoms with Gasteiger partial charge in [0.2, 0.25) is 0 Å². The van der Waals surface area contributed by atoms with Crippen LogP contribution in [0.4, 0.5) is 0 Å². The summed E-state index contributed by atoms with van der Waals surface area (Å²) in [6, 6.07) is 13.2. The summed E-state index contributed by atoms with van der Waals surface area (Å²) < 4.78 is 0. The van der Waals surface area contributed by atoms with E-state index in [-0.39, 0.29) is 10.8 Å². The molecule has 2 aliphatic carbocycles.